The molecule has 82 valence electrons. The molecule has 1 fully saturated rings. The molecule has 0 aliphatic carbocycles. The number of aromatic nitrogens is 1. The highest BCUT2D eigenvalue weighted by Gasteiger charge is 2.24. The van der Waals surface area contributed by atoms with Crippen molar-refractivity contribution in [2.24, 2.45) is 0 Å². The number of hydrogen-bond donors (Lipinski definition) is 0. The molecule has 1 aliphatic heterocycles. The molecule has 0 radical (unpaired) electrons. The Balaban J connectivity index is 2.25. The van der Waals surface area contributed by atoms with Crippen LogP contribution in [0, 0.1) is 6.92 Å². The maximum absolute atomic E-state index is 5.93. The Kier molecular flexibility index (Phi) is 3.27. The Labute approximate surface area is 96.3 Å². The van der Waals surface area contributed by atoms with Crippen LogP contribution < -0.4 is 0 Å². The lowest BCUT2D eigenvalue weighted by Gasteiger charge is -2.23. The van der Waals surface area contributed by atoms with Gasteiger partial charge in [0, 0.05) is 12.2 Å². The summed E-state index contributed by atoms with van der Waals surface area (Å²) >= 11 is 5.93. The highest BCUT2D eigenvalue weighted by atomic mass is 35.5. The van der Waals surface area contributed by atoms with Crippen molar-refractivity contribution in [1.29, 1.82) is 0 Å². The van der Waals surface area contributed by atoms with Gasteiger partial charge in [0.05, 0.1) is 0 Å². The molecule has 1 aliphatic rings. The standard InChI is InChI=1S/C12H17ClN2/c1-3-15-6-4-5-11(15)10-7-9(2)12(13)14-8-10/h7-8,11H,3-6H2,1-2H3/t11-/m0/s1. The van der Waals surface area contributed by atoms with Crippen molar-refractivity contribution >= 4 is 11.6 Å². The quantitative estimate of drug-likeness (QED) is 0.718. The zero-order valence-corrected chi connectivity index (χ0v) is 10.1. The van der Waals surface area contributed by atoms with Crippen LogP contribution in [-0.2, 0) is 0 Å². The zero-order valence-electron chi connectivity index (χ0n) is 9.33. The normalized spacial score (nSPS) is 22.2. The van der Waals surface area contributed by atoms with E-state index in [1.54, 1.807) is 0 Å². The molecule has 1 aromatic heterocycles. The second-order valence-electron chi connectivity index (χ2n) is 4.16. The summed E-state index contributed by atoms with van der Waals surface area (Å²) < 4.78 is 0. The summed E-state index contributed by atoms with van der Waals surface area (Å²) in [5.41, 5.74) is 2.40. The summed E-state index contributed by atoms with van der Waals surface area (Å²) in [4.78, 5) is 6.74. The van der Waals surface area contributed by atoms with Crippen molar-refractivity contribution in [1.82, 2.24) is 9.88 Å². The van der Waals surface area contributed by atoms with Gasteiger partial charge in [-0.3, -0.25) is 4.90 Å². The molecule has 2 rings (SSSR count). The summed E-state index contributed by atoms with van der Waals surface area (Å²) in [6.07, 6.45) is 4.46. The Morgan fingerprint density at radius 3 is 3.07 bits per heavy atom. The van der Waals surface area contributed by atoms with Crippen molar-refractivity contribution in [3.8, 4) is 0 Å². The predicted octanol–water partition coefficient (Wildman–Crippen LogP) is 3.20. The van der Waals surface area contributed by atoms with Crippen molar-refractivity contribution < 1.29 is 0 Å². The monoisotopic (exact) mass is 224 g/mol. The molecular weight excluding hydrogens is 208 g/mol. The van der Waals surface area contributed by atoms with Crippen LogP contribution in [0.4, 0.5) is 0 Å². The van der Waals surface area contributed by atoms with Gasteiger partial charge in [0.15, 0.2) is 0 Å². The molecule has 15 heavy (non-hydrogen) atoms. The minimum Gasteiger partial charge on any atom is -0.297 e. The van der Waals surface area contributed by atoms with E-state index < -0.39 is 0 Å². The first kappa shape index (κ1) is 10.9. The van der Waals surface area contributed by atoms with Crippen molar-refractivity contribution in [2.75, 3.05) is 13.1 Å². The SMILES string of the molecule is CCN1CCC[C@H]1c1cnc(Cl)c(C)c1. The van der Waals surface area contributed by atoms with Gasteiger partial charge >= 0.3 is 0 Å². The van der Waals surface area contributed by atoms with Gasteiger partial charge in [-0.05, 0) is 50.0 Å². The zero-order chi connectivity index (χ0) is 10.8. The van der Waals surface area contributed by atoms with Gasteiger partial charge in [0.2, 0.25) is 0 Å². The fraction of sp³-hybridized carbons (Fsp3) is 0.583. The largest absolute Gasteiger partial charge is 0.297 e. The average molecular weight is 225 g/mol. The van der Waals surface area contributed by atoms with E-state index in [0.717, 1.165) is 12.1 Å². The van der Waals surface area contributed by atoms with Gasteiger partial charge in [-0.2, -0.15) is 0 Å². The second kappa shape index (κ2) is 4.50. The van der Waals surface area contributed by atoms with Crippen LogP contribution in [0.25, 0.3) is 0 Å². The minimum atomic E-state index is 0.554. The van der Waals surface area contributed by atoms with Crippen LogP contribution in [0.15, 0.2) is 12.3 Å². The first-order valence-electron chi connectivity index (χ1n) is 5.58. The molecule has 1 aromatic rings. The summed E-state index contributed by atoms with van der Waals surface area (Å²) in [5, 5.41) is 0.625. The summed E-state index contributed by atoms with van der Waals surface area (Å²) in [7, 11) is 0. The maximum Gasteiger partial charge on any atom is 0.131 e. The second-order valence-corrected chi connectivity index (χ2v) is 4.52. The van der Waals surface area contributed by atoms with Gasteiger partial charge in [-0.15, -0.1) is 0 Å². The number of rotatable bonds is 2. The molecule has 3 heteroatoms. The number of pyridine rings is 1. The maximum atomic E-state index is 5.93. The third-order valence-electron chi connectivity index (χ3n) is 3.19. The molecule has 2 heterocycles. The minimum absolute atomic E-state index is 0.554. The van der Waals surface area contributed by atoms with Crippen LogP contribution in [0.3, 0.4) is 0 Å². The molecule has 0 bridgehead atoms. The van der Waals surface area contributed by atoms with E-state index in [-0.39, 0.29) is 0 Å². The van der Waals surface area contributed by atoms with Gasteiger partial charge < -0.3 is 0 Å². The lowest BCUT2D eigenvalue weighted by atomic mass is 10.1. The van der Waals surface area contributed by atoms with E-state index in [1.165, 1.54) is 24.9 Å². The summed E-state index contributed by atoms with van der Waals surface area (Å²) in [5.74, 6) is 0. The van der Waals surface area contributed by atoms with Gasteiger partial charge in [-0.1, -0.05) is 18.5 Å². The Hall–Kier alpha value is -0.600. The van der Waals surface area contributed by atoms with Crippen LogP contribution >= 0.6 is 11.6 Å². The van der Waals surface area contributed by atoms with E-state index in [9.17, 15) is 0 Å². The van der Waals surface area contributed by atoms with Crippen LogP contribution in [0.1, 0.15) is 36.9 Å². The van der Waals surface area contributed by atoms with E-state index >= 15 is 0 Å². The highest BCUT2D eigenvalue weighted by molar-refractivity contribution is 6.30. The number of hydrogen-bond acceptors (Lipinski definition) is 2. The van der Waals surface area contributed by atoms with E-state index in [1.807, 2.05) is 13.1 Å². The molecule has 1 atom stereocenters. The Morgan fingerprint density at radius 2 is 2.40 bits per heavy atom. The van der Waals surface area contributed by atoms with Crippen LogP contribution in [0.2, 0.25) is 5.15 Å². The van der Waals surface area contributed by atoms with E-state index in [2.05, 4.69) is 22.9 Å². The molecular formula is C12H17ClN2. The molecule has 0 spiro atoms. The first-order valence-corrected chi connectivity index (χ1v) is 5.96. The lowest BCUT2D eigenvalue weighted by Crippen LogP contribution is -2.22. The summed E-state index contributed by atoms with van der Waals surface area (Å²) in [6, 6.07) is 2.73. The number of likely N-dealkylation sites (tertiary alicyclic amines) is 1. The van der Waals surface area contributed by atoms with Crippen LogP contribution in [-0.4, -0.2) is 23.0 Å². The number of aryl methyl sites for hydroxylation is 1. The van der Waals surface area contributed by atoms with Gasteiger partial charge in [0.25, 0.3) is 0 Å². The lowest BCUT2D eigenvalue weighted by molar-refractivity contribution is 0.271. The molecule has 0 N–H and O–H groups in total. The topological polar surface area (TPSA) is 16.1 Å². The molecule has 0 unspecified atom stereocenters. The highest BCUT2D eigenvalue weighted by Crippen LogP contribution is 2.32. The number of nitrogens with zero attached hydrogens (tertiary/aromatic N) is 2. The Bertz CT molecular complexity index is 351. The number of halogens is 1. The van der Waals surface area contributed by atoms with E-state index in [0.29, 0.717) is 11.2 Å². The van der Waals surface area contributed by atoms with Crippen molar-refractivity contribution in [3.05, 3.63) is 28.5 Å². The van der Waals surface area contributed by atoms with Crippen molar-refractivity contribution in [2.45, 2.75) is 32.7 Å². The average Bonchev–Trinajstić information content (AvgIpc) is 2.70. The predicted molar refractivity (Wildman–Crippen MR) is 63.2 cm³/mol. The van der Waals surface area contributed by atoms with Crippen molar-refractivity contribution in [3.63, 3.8) is 0 Å². The molecule has 0 aromatic carbocycles. The third-order valence-corrected chi connectivity index (χ3v) is 3.59. The molecule has 1 saturated heterocycles. The molecule has 0 amide bonds. The molecule has 2 nitrogen and oxygen atoms in total. The Morgan fingerprint density at radius 1 is 1.60 bits per heavy atom. The van der Waals surface area contributed by atoms with Gasteiger partial charge in [0.1, 0.15) is 5.15 Å². The van der Waals surface area contributed by atoms with E-state index in [4.69, 9.17) is 11.6 Å². The summed E-state index contributed by atoms with van der Waals surface area (Å²) in [6.45, 7) is 6.56. The first-order chi connectivity index (χ1) is 7.22. The van der Waals surface area contributed by atoms with Crippen LogP contribution in [0.5, 0.6) is 0 Å². The van der Waals surface area contributed by atoms with Gasteiger partial charge in [-0.25, -0.2) is 4.98 Å². The smallest absolute Gasteiger partial charge is 0.131 e. The molecule has 0 saturated carbocycles. The fourth-order valence-corrected chi connectivity index (χ4v) is 2.45. The fourth-order valence-electron chi connectivity index (χ4n) is 2.34. The third kappa shape index (κ3) is 2.16.